The third kappa shape index (κ3) is 3.54. The third-order valence-corrected chi connectivity index (χ3v) is 4.70. The molecule has 0 aliphatic carbocycles. The van der Waals surface area contributed by atoms with Crippen molar-refractivity contribution in [2.24, 2.45) is 0 Å². The molecule has 0 saturated heterocycles. The first-order chi connectivity index (χ1) is 11.7. The number of nitrogens with one attached hydrogen (secondary N) is 1. The van der Waals surface area contributed by atoms with Gasteiger partial charge < -0.3 is 5.32 Å². The molecule has 2 aromatic heterocycles. The molecular weight excluding hydrogens is 322 g/mol. The van der Waals surface area contributed by atoms with Crippen LogP contribution in [0.1, 0.15) is 31.4 Å². The zero-order valence-corrected chi connectivity index (χ0v) is 14.3. The van der Waals surface area contributed by atoms with Gasteiger partial charge in [-0.15, -0.1) is 11.3 Å². The van der Waals surface area contributed by atoms with Gasteiger partial charge in [-0.1, -0.05) is 43.7 Å². The van der Waals surface area contributed by atoms with E-state index in [0.717, 1.165) is 18.4 Å². The Morgan fingerprint density at radius 2 is 2.08 bits per heavy atom. The van der Waals surface area contributed by atoms with E-state index in [0.29, 0.717) is 10.2 Å². The molecule has 5 nitrogen and oxygen atoms in total. The van der Waals surface area contributed by atoms with E-state index in [-0.39, 0.29) is 24.1 Å². The van der Waals surface area contributed by atoms with Crippen molar-refractivity contribution in [3.8, 4) is 0 Å². The van der Waals surface area contributed by atoms with Crippen LogP contribution in [0.15, 0.2) is 52.9 Å². The molecule has 0 saturated carbocycles. The Kier molecular flexibility index (Phi) is 5.05. The summed E-state index contributed by atoms with van der Waals surface area (Å²) in [6.07, 6.45) is 3.26. The van der Waals surface area contributed by atoms with E-state index < -0.39 is 0 Å². The molecule has 0 aliphatic heterocycles. The van der Waals surface area contributed by atoms with E-state index in [2.05, 4.69) is 17.2 Å². The summed E-state index contributed by atoms with van der Waals surface area (Å²) in [5, 5.41) is 5.42. The zero-order valence-electron chi connectivity index (χ0n) is 13.4. The molecule has 1 atom stereocenters. The maximum atomic E-state index is 12.4. The largest absolute Gasteiger partial charge is 0.348 e. The normalized spacial score (nSPS) is 12.2. The van der Waals surface area contributed by atoms with Crippen molar-refractivity contribution in [1.29, 1.82) is 0 Å². The Morgan fingerprint density at radius 1 is 1.29 bits per heavy atom. The van der Waals surface area contributed by atoms with Crippen LogP contribution in [0.4, 0.5) is 0 Å². The number of hydrogen-bond acceptors (Lipinski definition) is 4. The van der Waals surface area contributed by atoms with Crippen molar-refractivity contribution >= 4 is 27.5 Å². The Labute approximate surface area is 144 Å². The topological polar surface area (TPSA) is 64.0 Å². The number of carbonyl (C=O) groups excluding carboxylic acids is 1. The van der Waals surface area contributed by atoms with Gasteiger partial charge in [0.1, 0.15) is 11.4 Å². The molecule has 0 spiro atoms. The average Bonchev–Trinajstić information content (AvgIpc) is 3.07. The van der Waals surface area contributed by atoms with Crippen LogP contribution in [0.5, 0.6) is 0 Å². The van der Waals surface area contributed by atoms with Crippen LogP contribution in [0.2, 0.25) is 0 Å². The molecule has 0 bridgehead atoms. The number of benzene rings is 1. The van der Waals surface area contributed by atoms with Crippen LogP contribution in [0.3, 0.4) is 0 Å². The second kappa shape index (κ2) is 7.40. The highest BCUT2D eigenvalue weighted by Crippen LogP contribution is 2.18. The lowest BCUT2D eigenvalue weighted by atomic mass is 10.0. The lowest BCUT2D eigenvalue weighted by Gasteiger charge is -2.19. The lowest BCUT2D eigenvalue weighted by Crippen LogP contribution is -2.34. The van der Waals surface area contributed by atoms with E-state index in [1.54, 1.807) is 6.07 Å². The van der Waals surface area contributed by atoms with Crippen molar-refractivity contribution in [3.63, 3.8) is 0 Å². The fraction of sp³-hybridized carbons (Fsp3) is 0.278. The lowest BCUT2D eigenvalue weighted by molar-refractivity contribution is -0.122. The number of carbonyl (C=O) groups is 1. The first-order valence-electron chi connectivity index (χ1n) is 7.96. The summed E-state index contributed by atoms with van der Waals surface area (Å²) in [4.78, 5) is 29.7. The summed E-state index contributed by atoms with van der Waals surface area (Å²) in [7, 11) is 0. The van der Waals surface area contributed by atoms with Crippen LogP contribution in [-0.4, -0.2) is 15.5 Å². The quantitative estimate of drug-likeness (QED) is 0.749. The predicted octanol–water partition coefficient (Wildman–Crippen LogP) is 3.12. The maximum Gasteiger partial charge on any atom is 0.262 e. The van der Waals surface area contributed by atoms with Crippen LogP contribution < -0.4 is 10.9 Å². The zero-order chi connectivity index (χ0) is 16.9. The van der Waals surface area contributed by atoms with Crippen LogP contribution >= 0.6 is 11.3 Å². The number of fused-ring (bicyclic) bond motifs is 1. The van der Waals surface area contributed by atoms with Crippen LogP contribution in [-0.2, 0) is 11.3 Å². The summed E-state index contributed by atoms with van der Waals surface area (Å²) in [5.41, 5.74) is 0.898. The number of aromatic nitrogens is 2. The van der Waals surface area contributed by atoms with Crippen molar-refractivity contribution in [3.05, 3.63) is 64.0 Å². The van der Waals surface area contributed by atoms with E-state index in [4.69, 9.17) is 0 Å². The Hall–Kier alpha value is -2.47. The van der Waals surface area contributed by atoms with E-state index >= 15 is 0 Å². The van der Waals surface area contributed by atoms with E-state index in [1.165, 1.54) is 22.2 Å². The molecule has 24 heavy (non-hydrogen) atoms. The first kappa shape index (κ1) is 16.4. The molecule has 2 heterocycles. The fourth-order valence-electron chi connectivity index (χ4n) is 2.70. The minimum atomic E-state index is -0.184. The molecule has 0 radical (unpaired) electrons. The molecule has 1 amide bonds. The summed E-state index contributed by atoms with van der Waals surface area (Å²) in [6.45, 7) is 2.06. The molecule has 6 heteroatoms. The minimum Gasteiger partial charge on any atom is -0.348 e. The van der Waals surface area contributed by atoms with Crippen molar-refractivity contribution in [2.75, 3.05) is 0 Å². The number of hydrogen-bond donors (Lipinski definition) is 1. The number of amides is 1. The molecule has 0 unspecified atom stereocenters. The minimum absolute atomic E-state index is 0.0231. The molecule has 3 aromatic rings. The Balaban J connectivity index is 1.75. The van der Waals surface area contributed by atoms with Crippen LogP contribution in [0.25, 0.3) is 10.2 Å². The molecular formula is C18H19N3O2S. The van der Waals surface area contributed by atoms with Gasteiger partial charge in [-0.3, -0.25) is 14.2 Å². The van der Waals surface area contributed by atoms with Gasteiger partial charge in [0.15, 0.2) is 0 Å². The summed E-state index contributed by atoms with van der Waals surface area (Å²) >= 11 is 1.42. The van der Waals surface area contributed by atoms with Crippen molar-refractivity contribution in [2.45, 2.75) is 32.4 Å². The van der Waals surface area contributed by atoms with Gasteiger partial charge in [-0.2, -0.15) is 0 Å². The van der Waals surface area contributed by atoms with Crippen LogP contribution in [0, 0.1) is 0 Å². The summed E-state index contributed by atoms with van der Waals surface area (Å²) in [5.74, 6) is -0.184. The average molecular weight is 341 g/mol. The molecule has 1 aromatic carbocycles. The summed E-state index contributed by atoms with van der Waals surface area (Å²) in [6, 6.07) is 11.6. The highest BCUT2D eigenvalue weighted by atomic mass is 32.1. The van der Waals surface area contributed by atoms with E-state index in [9.17, 15) is 9.59 Å². The maximum absolute atomic E-state index is 12.4. The molecule has 124 valence electrons. The Morgan fingerprint density at radius 3 is 2.83 bits per heavy atom. The number of rotatable bonds is 6. The van der Waals surface area contributed by atoms with Gasteiger partial charge in [0.05, 0.1) is 17.8 Å². The smallest absolute Gasteiger partial charge is 0.262 e. The highest BCUT2D eigenvalue weighted by Gasteiger charge is 2.15. The second-order valence-corrected chi connectivity index (χ2v) is 6.53. The van der Waals surface area contributed by atoms with Gasteiger partial charge >= 0.3 is 0 Å². The van der Waals surface area contributed by atoms with Gasteiger partial charge in [-0.25, -0.2) is 4.98 Å². The van der Waals surface area contributed by atoms with E-state index in [1.807, 2.05) is 35.7 Å². The summed E-state index contributed by atoms with van der Waals surface area (Å²) < 4.78 is 1.36. The Bertz CT molecular complexity index is 886. The molecule has 3 rings (SSSR count). The van der Waals surface area contributed by atoms with Crippen molar-refractivity contribution in [1.82, 2.24) is 14.9 Å². The second-order valence-electron chi connectivity index (χ2n) is 5.64. The number of thiophene rings is 1. The third-order valence-electron chi connectivity index (χ3n) is 3.88. The molecule has 0 aliphatic rings. The monoisotopic (exact) mass is 341 g/mol. The van der Waals surface area contributed by atoms with Gasteiger partial charge in [-0.05, 0) is 23.4 Å². The van der Waals surface area contributed by atoms with Gasteiger partial charge in [0, 0.05) is 0 Å². The number of nitrogens with zero attached hydrogens (tertiary/aromatic N) is 2. The van der Waals surface area contributed by atoms with Gasteiger partial charge in [0.2, 0.25) is 5.91 Å². The van der Waals surface area contributed by atoms with Crippen molar-refractivity contribution < 1.29 is 4.79 Å². The highest BCUT2D eigenvalue weighted by molar-refractivity contribution is 7.16. The first-order valence-corrected chi connectivity index (χ1v) is 8.84. The fourth-order valence-corrected chi connectivity index (χ4v) is 3.42. The SMILES string of the molecule is CCC[C@H](NC(=O)Cn1cnc2sccc2c1=O)c1ccccc1. The molecule has 1 N–H and O–H groups in total. The molecule has 0 fully saturated rings. The predicted molar refractivity (Wildman–Crippen MR) is 96.1 cm³/mol. The standard InChI is InChI=1S/C18H19N3O2S/c1-2-6-15(13-7-4-3-5-8-13)20-16(22)11-21-12-19-17-14(18(21)23)9-10-24-17/h3-5,7-10,12,15H,2,6,11H2,1H3,(H,20,22)/t15-/m0/s1. The van der Waals surface area contributed by atoms with Gasteiger partial charge in [0.25, 0.3) is 5.56 Å².